The van der Waals surface area contributed by atoms with Crippen LogP contribution >= 0.6 is 27.5 Å². The van der Waals surface area contributed by atoms with Crippen LogP contribution in [0.25, 0.3) is 0 Å². The highest BCUT2D eigenvalue weighted by molar-refractivity contribution is 9.10. The molecular weight excluding hydrogens is 362 g/mol. The van der Waals surface area contributed by atoms with Gasteiger partial charge in [0.15, 0.2) is 6.04 Å². The van der Waals surface area contributed by atoms with Gasteiger partial charge in [-0.05, 0) is 39.0 Å². The van der Waals surface area contributed by atoms with Crippen molar-refractivity contribution in [2.24, 2.45) is 0 Å². The van der Waals surface area contributed by atoms with E-state index in [4.69, 9.17) is 16.3 Å². The molecule has 116 valence electrons. The van der Waals surface area contributed by atoms with Gasteiger partial charge in [0.25, 0.3) is 0 Å². The number of carboxylic acids is 1. The van der Waals surface area contributed by atoms with Crippen LogP contribution in [-0.4, -0.2) is 34.7 Å². The van der Waals surface area contributed by atoms with Gasteiger partial charge in [-0.15, -0.1) is 0 Å². The number of benzene rings is 1. The third kappa shape index (κ3) is 4.89. The number of nitrogens with zero attached hydrogens (tertiary/aromatic N) is 1. The van der Waals surface area contributed by atoms with E-state index in [0.717, 1.165) is 4.90 Å². The Hall–Kier alpha value is -1.27. The summed E-state index contributed by atoms with van der Waals surface area (Å²) in [6.45, 7) is 5.14. The molecule has 0 aromatic heterocycles. The SMILES string of the molecule is CN(C(=O)OC(C)(C)C)C(C(=O)O)c1cc(Cl)ccc1Br. The maximum Gasteiger partial charge on any atom is 0.411 e. The number of carboxylic acid groups (broad SMARTS) is 1. The van der Waals surface area contributed by atoms with E-state index < -0.39 is 23.7 Å². The predicted molar refractivity (Wildman–Crippen MR) is 83.5 cm³/mol. The monoisotopic (exact) mass is 377 g/mol. The lowest BCUT2D eigenvalue weighted by Crippen LogP contribution is -2.39. The molecule has 0 aliphatic carbocycles. The van der Waals surface area contributed by atoms with Crippen molar-refractivity contribution in [2.45, 2.75) is 32.4 Å². The number of hydrogen-bond acceptors (Lipinski definition) is 3. The van der Waals surface area contributed by atoms with Crippen LogP contribution in [0.2, 0.25) is 5.02 Å². The van der Waals surface area contributed by atoms with E-state index in [2.05, 4.69) is 15.9 Å². The van der Waals surface area contributed by atoms with Crippen LogP contribution in [0.5, 0.6) is 0 Å². The number of carbonyl (C=O) groups excluding carboxylic acids is 1. The first-order chi connectivity index (χ1) is 9.53. The number of ether oxygens (including phenoxy) is 1. The summed E-state index contributed by atoms with van der Waals surface area (Å²) in [5.74, 6) is -1.17. The summed E-state index contributed by atoms with van der Waals surface area (Å²) >= 11 is 9.19. The number of halogens is 2. The highest BCUT2D eigenvalue weighted by Gasteiger charge is 2.32. The molecule has 1 aromatic rings. The second kappa shape index (κ2) is 6.66. The smallest absolute Gasteiger partial charge is 0.411 e. The van der Waals surface area contributed by atoms with Gasteiger partial charge in [0.2, 0.25) is 0 Å². The topological polar surface area (TPSA) is 66.8 Å². The van der Waals surface area contributed by atoms with Gasteiger partial charge in [-0.25, -0.2) is 9.59 Å². The lowest BCUT2D eigenvalue weighted by atomic mass is 10.1. The zero-order valence-electron chi connectivity index (χ0n) is 12.2. The van der Waals surface area contributed by atoms with E-state index in [1.165, 1.54) is 13.1 Å². The minimum atomic E-state index is -1.20. The van der Waals surface area contributed by atoms with Crippen LogP contribution in [0, 0.1) is 0 Å². The second-order valence-corrected chi connectivity index (χ2v) is 6.79. The molecule has 0 radical (unpaired) electrons. The molecule has 0 saturated heterocycles. The van der Waals surface area contributed by atoms with Gasteiger partial charge in [-0.2, -0.15) is 0 Å². The van der Waals surface area contributed by atoms with Gasteiger partial charge in [0.05, 0.1) is 0 Å². The lowest BCUT2D eigenvalue weighted by molar-refractivity contribution is -0.143. The minimum Gasteiger partial charge on any atom is -0.479 e. The lowest BCUT2D eigenvalue weighted by Gasteiger charge is -2.29. The van der Waals surface area contributed by atoms with Crippen molar-refractivity contribution in [1.29, 1.82) is 0 Å². The van der Waals surface area contributed by atoms with Crippen molar-refractivity contribution in [3.05, 3.63) is 33.3 Å². The first-order valence-electron chi connectivity index (χ1n) is 6.16. The van der Waals surface area contributed by atoms with Crippen LogP contribution in [0.4, 0.5) is 4.79 Å². The zero-order valence-corrected chi connectivity index (χ0v) is 14.5. The van der Waals surface area contributed by atoms with Gasteiger partial charge < -0.3 is 9.84 Å². The van der Waals surface area contributed by atoms with Gasteiger partial charge in [0, 0.05) is 22.1 Å². The van der Waals surface area contributed by atoms with Gasteiger partial charge in [-0.1, -0.05) is 27.5 Å². The third-order valence-electron chi connectivity index (χ3n) is 2.56. The van der Waals surface area contributed by atoms with Crippen LogP contribution < -0.4 is 0 Å². The fourth-order valence-electron chi connectivity index (χ4n) is 1.67. The number of rotatable bonds is 3. The van der Waals surface area contributed by atoms with E-state index in [0.29, 0.717) is 15.1 Å². The van der Waals surface area contributed by atoms with Crippen molar-refractivity contribution in [1.82, 2.24) is 4.90 Å². The molecule has 0 heterocycles. The molecule has 0 aliphatic rings. The number of hydrogen-bond donors (Lipinski definition) is 1. The van der Waals surface area contributed by atoms with Crippen LogP contribution in [0.15, 0.2) is 22.7 Å². The quantitative estimate of drug-likeness (QED) is 0.860. The normalized spacial score (nSPS) is 12.7. The highest BCUT2D eigenvalue weighted by atomic mass is 79.9. The van der Waals surface area contributed by atoms with Crippen molar-refractivity contribution < 1.29 is 19.4 Å². The molecule has 7 heteroatoms. The Kier molecular flexibility index (Phi) is 5.64. The average Bonchev–Trinajstić information content (AvgIpc) is 2.31. The summed E-state index contributed by atoms with van der Waals surface area (Å²) in [4.78, 5) is 24.7. The molecule has 1 unspecified atom stereocenters. The summed E-state index contributed by atoms with van der Waals surface area (Å²) in [7, 11) is 1.38. The van der Waals surface area contributed by atoms with Crippen molar-refractivity contribution in [3.8, 4) is 0 Å². The molecule has 0 fully saturated rings. The molecule has 1 amide bonds. The van der Waals surface area contributed by atoms with Crippen LogP contribution in [0.1, 0.15) is 32.4 Å². The standard InChI is InChI=1S/C14H17BrClNO4/c1-14(2,3)21-13(20)17(4)11(12(18)19)9-7-8(16)5-6-10(9)15/h5-7,11H,1-4H3,(H,18,19). The van der Waals surface area contributed by atoms with Crippen LogP contribution in [0.3, 0.4) is 0 Å². The predicted octanol–water partition coefficient (Wildman–Crippen LogP) is 4.10. The molecular formula is C14H17BrClNO4. The fraction of sp³-hybridized carbons (Fsp3) is 0.429. The molecule has 1 rings (SSSR count). The van der Waals surface area contributed by atoms with E-state index >= 15 is 0 Å². The fourth-order valence-corrected chi connectivity index (χ4v) is 2.31. The molecule has 21 heavy (non-hydrogen) atoms. The Balaban J connectivity index is 3.15. The summed E-state index contributed by atoms with van der Waals surface area (Å²) < 4.78 is 5.75. The number of carbonyl (C=O) groups is 2. The molecule has 0 bridgehead atoms. The molecule has 0 saturated carbocycles. The molecule has 5 nitrogen and oxygen atoms in total. The van der Waals surface area contributed by atoms with Crippen LogP contribution in [-0.2, 0) is 9.53 Å². The Labute approximate surface area is 137 Å². The van der Waals surface area contributed by atoms with Crippen molar-refractivity contribution >= 4 is 39.6 Å². The second-order valence-electron chi connectivity index (χ2n) is 5.50. The molecule has 0 aliphatic heterocycles. The van der Waals surface area contributed by atoms with Gasteiger partial charge >= 0.3 is 12.1 Å². The van der Waals surface area contributed by atoms with Crippen molar-refractivity contribution in [2.75, 3.05) is 7.05 Å². The minimum absolute atomic E-state index is 0.378. The van der Waals surface area contributed by atoms with E-state index in [1.807, 2.05) is 0 Å². The molecule has 0 spiro atoms. The Morgan fingerprint density at radius 3 is 2.43 bits per heavy atom. The summed E-state index contributed by atoms with van der Waals surface area (Å²) in [6.07, 6.45) is -0.721. The van der Waals surface area contributed by atoms with E-state index in [-0.39, 0.29) is 0 Å². The first-order valence-corrected chi connectivity index (χ1v) is 7.33. The molecule has 1 aromatic carbocycles. The number of likely N-dealkylation sites (N-methyl/N-ethyl adjacent to an activating group) is 1. The maximum absolute atomic E-state index is 12.1. The Bertz CT molecular complexity index is 556. The van der Waals surface area contributed by atoms with E-state index in [9.17, 15) is 14.7 Å². The largest absolute Gasteiger partial charge is 0.479 e. The average molecular weight is 379 g/mol. The van der Waals surface area contributed by atoms with Gasteiger partial charge in [0.1, 0.15) is 5.60 Å². The van der Waals surface area contributed by atoms with Gasteiger partial charge in [-0.3, -0.25) is 4.90 Å². The summed E-state index contributed by atoms with van der Waals surface area (Å²) in [5.41, 5.74) is -0.330. The Morgan fingerprint density at radius 1 is 1.38 bits per heavy atom. The summed E-state index contributed by atoms with van der Waals surface area (Å²) in [5, 5.41) is 9.83. The zero-order chi connectivity index (χ0) is 16.4. The third-order valence-corrected chi connectivity index (χ3v) is 3.51. The maximum atomic E-state index is 12.1. The number of amides is 1. The Morgan fingerprint density at radius 2 is 1.95 bits per heavy atom. The number of aliphatic carboxylic acids is 1. The summed E-state index contributed by atoms with van der Waals surface area (Å²) in [6, 6.07) is 3.57. The van der Waals surface area contributed by atoms with Crippen molar-refractivity contribution in [3.63, 3.8) is 0 Å². The first kappa shape index (κ1) is 17.8. The molecule has 1 N–H and O–H groups in total. The highest BCUT2D eigenvalue weighted by Crippen LogP contribution is 2.31. The van der Waals surface area contributed by atoms with E-state index in [1.54, 1.807) is 32.9 Å². The molecule has 1 atom stereocenters.